The van der Waals surface area contributed by atoms with Crippen molar-refractivity contribution in [1.82, 2.24) is 5.32 Å². The van der Waals surface area contributed by atoms with E-state index in [0.29, 0.717) is 25.0 Å². The van der Waals surface area contributed by atoms with Crippen LogP contribution in [-0.2, 0) is 6.61 Å². The van der Waals surface area contributed by atoms with Crippen LogP contribution < -0.4 is 14.8 Å². The fourth-order valence-corrected chi connectivity index (χ4v) is 3.95. The van der Waals surface area contributed by atoms with Crippen LogP contribution in [0.5, 0.6) is 11.5 Å². The summed E-state index contributed by atoms with van der Waals surface area (Å²) in [5, 5.41) is 3.48. The summed E-state index contributed by atoms with van der Waals surface area (Å²) in [7, 11) is 0. The molecule has 1 aliphatic rings. The number of rotatable bonds is 7. The van der Waals surface area contributed by atoms with Gasteiger partial charge in [0.2, 0.25) is 0 Å². The van der Waals surface area contributed by atoms with Crippen molar-refractivity contribution in [3.05, 3.63) is 95.3 Å². The molecule has 158 valence electrons. The number of terminal acetylenes is 1. The molecule has 1 N–H and O–H groups in total. The van der Waals surface area contributed by atoms with Crippen LogP contribution in [0.15, 0.2) is 72.8 Å². The van der Waals surface area contributed by atoms with Gasteiger partial charge in [0.05, 0.1) is 6.61 Å². The quantitative estimate of drug-likeness (QED) is 0.541. The summed E-state index contributed by atoms with van der Waals surface area (Å²) in [5.41, 5.74) is 3.09. The first kappa shape index (κ1) is 21.0. The molecule has 0 bridgehead atoms. The Labute approximate surface area is 183 Å². The standard InChI is InChI=1S/C27H26FNO2/c1-2-20-5-11-25(12-6-20)31-19-23-17-29-16-15-27(23)22-7-13-26(14-8-22)30-18-21-3-9-24(28)10-4-21/h1,3-14,23,27,29H,15-19H2. The third-order valence-corrected chi connectivity index (χ3v) is 5.72. The average Bonchev–Trinajstić information content (AvgIpc) is 2.83. The zero-order valence-corrected chi connectivity index (χ0v) is 17.4. The summed E-state index contributed by atoms with van der Waals surface area (Å²) >= 11 is 0. The lowest BCUT2D eigenvalue weighted by Crippen LogP contribution is -2.38. The van der Waals surface area contributed by atoms with Crippen LogP contribution in [0.3, 0.4) is 0 Å². The van der Waals surface area contributed by atoms with Crippen molar-refractivity contribution in [2.75, 3.05) is 19.7 Å². The Balaban J connectivity index is 1.35. The van der Waals surface area contributed by atoms with Gasteiger partial charge in [0.15, 0.2) is 0 Å². The Morgan fingerprint density at radius 3 is 2.29 bits per heavy atom. The SMILES string of the molecule is C#Cc1ccc(OCC2CNCCC2c2ccc(OCc3ccc(F)cc3)cc2)cc1. The van der Waals surface area contributed by atoms with Crippen molar-refractivity contribution in [2.24, 2.45) is 5.92 Å². The highest BCUT2D eigenvalue weighted by atomic mass is 19.1. The highest BCUT2D eigenvalue weighted by Crippen LogP contribution is 2.32. The van der Waals surface area contributed by atoms with Crippen molar-refractivity contribution < 1.29 is 13.9 Å². The molecule has 0 saturated carbocycles. The number of halogens is 1. The van der Waals surface area contributed by atoms with Gasteiger partial charge in [-0.3, -0.25) is 0 Å². The van der Waals surface area contributed by atoms with Gasteiger partial charge in [-0.15, -0.1) is 6.42 Å². The third kappa shape index (κ3) is 5.65. The number of hydrogen-bond acceptors (Lipinski definition) is 3. The molecular formula is C27H26FNO2. The third-order valence-electron chi connectivity index (χ3n) is 5.72. The second-order valence-electron chi connectivity index (χ2n) is 7.82. The van der Waals surface area contributed by atoms with Crippen LogP contribution in [0, 0.1) is 24.1 Å². The summed E-state index contributed by atoms with van der Waals surface area (Å²) in [6, 6.07) is 22.3. The molecule has 1 fully saturated rings. The first-order valence-corrected chi connectivity index (χ1v) is 10.6. The second kappa shape index (κ2) is 10.1. The van der Waals surface area contributed by atoms with Crippen molar-refractivity contribution in [1.29, 1.82) is 0 Å². The number of ether oxygens (including phenoxy) is 2. The molecule has 4 rings (SSSR count). The molecule has 0 radical (unpaired) electrons. The van der Waals surface area contributed by atoms with E-state index in [1.54, 1.807) is 12.1 Å². The Kier molecular flexibility index (Phi) is 6.86. The lowest BCUT2D eigenvalue weighted by molar-refractivity contribution is 0.197. The Bertz CT molecular complexity index is 1010. The minimum absolute atomic E-state index is 0.238. The Morgan fingerprint density at radius 1 is 0.903 bits per heavy atom. The molecule has 0 aromatic heterocycles. The van der Waals surface area contributed by atoms with Crippen molar-refractivity contribution in [3.63, 3.8) is 0 Å². The van der Waals surface area contributed by atoms with Crippen LogP contribution in [0.1, 0.15) is 29.0 Å². The van der Waals surface area contributed by atoms with Gasteiger partial charge >= 0.3 is 0 Å². The van der Waals surface area contributed by atoms with Crippen LogP contribution in [0.2, 0.25) is 0 Å². The maximum Gasteiger partial charge on any atom is 0.123 e. The molecule has 1 aliphatic heterocycles. The van der Waals surface area contributed by atoms with Crippen molar-refractivity contribution >= 4 is 0 Å². The maximum absolute atomic E-state index is 13.0. The predicted octanol–water partition coefficient (Wildman–Crippen LogP) is 5.16. The van der Waals surface area contributed by atoms with Gasteiger partial charge in [0, 0.05) is 18.0 Å². The molecule has 2 atom stereocenters. The van der Waals surface area contributed by atoms with Crippen LogP contribution in [0.25, 0.3) is 0 Å². The van der Waals surface area contributed by atoms with Gasteiger partial charge in [-0.1, -0.05) is 30.2 Å². The molecule has 3 aromatic rings. The minimum Gasteiger partial charge on any atom is -0.493 e. The smallest absolute Gasteiger partial charge is 0.123 e. The fraction of sp³-hybridized carbons (Fsp3) is 0.259. The molecular weight excluding hydrogens is 389 g/mol. The lowest BCUT2D eigenvalue weighted by atomic mass is 9.81. The van der Waals surface area contributed by atoms with Crippen molar-refractivity contribution in [3.8, 4) is 23.8 Å². The minimum atomic E-state index is -0.238. The van der Waals surface area contributed by atoms with E-state index in [0.717, 1.165) is 42.1 Å². The molecule has 0 amide bonds. The zero-order valence-electron chi connectivity index (χ0n) is 17.4. The van der Waals surface area contributed by atoms with E-state index in [2.05, 4.69) is 23.4 Å². The first-order valence-electron chi connectivity index (χ1n) is 10.6. The van der Waals surface area contributed by atoms with E-state index in [-0.39, 0.29) is 5.82 Å². The van der Waals surface area contributed by atoms with Gasteiger partial charge in [0.1, 0.15) is 23.9 Å². The van der Waals surface area contributed by atoms with E-state index in [4.69, 9.17) is 15.9 Å². The first-order chi connectivity index (χ1) is 15.2. The summed E-state index contributed by atoms with van der Waals surface area (Å²) in [4.78, 5) is 0. The van der Waals surface area contributed by atoms with Crippen molar-refractivity contribution in [2.45, 2.75) is 18.9 Å². The number of piperidine rings is 1. The molecule has 1 heterocycles. The largest absolute Gasteiger partial charge is 0.493 e. The summed E-state index contributed by atoms with van der Waals surface area (Å²) < 4.78 is 24.9. The molecule has 0 spiro atoms. The number of nitrogens with one attached hydrogen (secondary N) is 1. The Hall–Kier alpha value is -3.29. The van der Waals surface area contributed by atoms with Gasteiger partial charge in [-0.25, -0.2) is 4.39 Å². The van der Waals surface area contributed by atoms with Crippen LogP contribution in [-0.4, -0.2) is 19.7 Å². The highest BCUT2D eigenvalue weighted by Gasteiger charge is 2.27. The van der Waals surface area contributed by atoms with E-state index >= 15 is 0 Å². The molecule has 0 aliphatic carbocycles. The topological polar surface area (TPSA) is 30.5 Å². The molecule has 31 heavy (non-hydrogen) atoms. The molecule has 1 saturated heterocycles. The molecule has 4 heteroatoms. The van der Waals surface area contributed by atoms with E-state index in [1.165, 1.54) is 17.7 Å². The molecule has 3 aromatic carbocycles. The van der Waals surface area contributed by atoms with Crippen LogP contribution >= 0.6 is 0 Å². The highest BCUT2D eigenvalue weighted by molar-refractivity contribution is 5.36. The summed E-state index contributed by atoms with van der Waals surface area (Å²) in [5.74, 6) is 4.84. The normalized spacial score (nSPS) is 18.2. The molecule has 2 unspecified atom stereocenters. The van der Waals surface area contributed by atoms with Gasteiger partial charge in [-0.2, -0.15) is 0 Å². The summed E-state index contributed by atoms with van der Waals surface area (Å²) in [6.45, 7) is 2.99. The van der Waals surface area contributed by atoms with E-state index in [9.17, 15) is 4.39 Å². The maximum atomic E-state index is 13.0. The number of hydrogen-bond donors (Lipinski definition) is 1. The Morgan fingerprint density at radius 2 is 1.58 bits per heavy atom. The number of benzene rings is 3. The lowest BCUT2D eigenvalue weighted by Gasteiger charge is -2.32. The summed E-state index contributed by atoms with van der Waals surface area (Å²) in [6.07, 6.45) is 6.49. The monoisotopic (exact) mass is 415 g/mol. The predicted molar refractivity (Wildman–Crippen MR) is 121 cm³/mol. The van der Waals surface area contributed by atoms with Gasteiger partial charge in [0.25, 0.3) is 0 Å². The van der Waals surface area contributed by atoms with Crippen LogP contribution in [0.4, 0.5) is 4.39 Å². The van der Waals surface area contributed by atoms with E-state index < -0.39 is 0 Å². The van der Waals surface area contributed by atoms with Gasteiger partial charge < -0.3 is 14.8 Å². The van der Waals surface area contributed by atoms with Gasteiger partial charge in [-0.05, 0) is 78.5 Å². The fourth-order valence-electron chi connectivity index (χ4n) is 3.95. The second-order valence-corrected chi connectivity index (χ2v) is 7.82. The van der Waals surface area contributed by atoms with E-state index in [1.807, 2.05) is 36.4 Å². The zero-order chi connectivity index (χ0) is 21.5. The average molecular weight is 416 g/mol. The molecule has 3 nitrogen and oxygen atoms in total.